The normalized spacial score (nSPS) is 11.8. The number of alkyl halides is 3. The zero-order chi connectivity index (χ0) is 21.8. The van der Waals surface area contributed by atoms with Gasteiger partial charge in [-0.05, 0) is 30.3 Å². The Hall–Kier alpha value is -2.50. The standard InChI is InChI=1S/C17H16ClF3N2O5S/c1-27-14-6-4-11(8-15(14)28-2)29(25,26)22-9-16(24)23-10-3-5-13(18)12(7-10)17(19,20)21/h3-8,22H,9H2,1-2H3,(H,23,24). The summed E-state index contributed by atoms with van der Waals surface area (Å²) in [5.74, 6) is -0.391. The van der Waals surface area contributed by atoms with Crippen molar-refractivity contribution in [2.24, 2.45) is 0 Å². The molecular formula is C17H16ClF3N2O5S. The molecular weight excluding hydrogens is 437 g/mol. The number of halogens is 4. The van der Waals surface area contributed by atoms with Crippen molar-refractivity contribution in [2.75, 3.05) is 26.1 Å². The first-order valence-electron chi connectivity index (χ1n) is 7.86. The number of rotatable bonds is 7. The predicted octanol–water partition coefficient (Wildman–Crippen LogP) is 3.29. The Bertz CT molecular complexity index is 1010. The fourth-order valence-electron chi connectivity index (χ4n) is 2.25. The lowest BCUT2D eigenvalue weighted by Gasteiger charge is -2.13. The van der Waals surface area contributed by atoms with E-state index >= 15 is 0 Å². The van der Waals surface area contributed by atoms with Crippen LogP contribution in [-0.2, 0) is 21.0 Å². The Balaban J connectivity index is 2.09. The maximum atomic E-state index is 12.9. The Kier molecular flexibility index (Phi) is 6.98. The molecule has 0 fully saturated rings. The Morgan fingerprint density at radius 3 is 2.31 bits per heavy atom. The van der Waals surface area contributed by atoms with Crippen molar-refractivity contribution in [1.29, 1.82) is 0 Å². The van der Waals surface area contributed by atoms with Gasteiger partial charge in [0.25, 0.3) is 0 Å². The highest BCUT2D eigenvalue weighted by atomic mass is 35.5. The highest BCUT2D eigenvalue weighted by Crippen LogP contribution is 2.36. The molecule has 0 aliphatic carbocycles. The fourth-order valence-corrected chi connectivity index (χ4v) is 3.47. The van der Waals surface area contributed by atoms with E-state index in [4.69, 9.17) is 21.1 Å². The molecule has 0 aliphatic rings. The number of benzene rings is 2. The highest BCUT2D eigenvalue weighted by Gasteiger charge is 2.33. The molecule has 0 atom stereocenters. The van der Waals surface area contributed by atoms with E-state index in [1.807, 2.05) is 0 Å². The first-order valence-corrected chi connectivity index (χ1v) is 9.72. The monoisotopic (exact) mass is 452 g/mol. The van der Waals surface area contributed by atoms with Crippen molar-refractivity contribution in [2.45, 2.75) is 11.1 Å². The zero-order valence-electron chi connectivity index (χ0n) is 15.1. The van der Waals surface area contributed by atoms with Gasteiger partial charge in [-0.1, -0.05) is 11.6 Å². The molecule has 2 rings (SSSR count). The lowest BCUT2D eigenvalue weighted by Crippen LogP contribution is -2.33. The van der Waals surface area contributed by atoms with Crippen LogP contribution in [0.5, 0.6) is 11.5 Å². The number of methoxy groups -OCH3 is 2. The predicted molar refractivity (Wildman–Crippen MR) is 99.8 cm³/mol. The van der Waals surface area contributed by atoms with Gasteiger partial charge in [-0.15, -0.1) is 0 Å². The van der Waals surface area contributed by atoms with Gasteiger partial charge in [-0.25, -0.2) is 13.1 Å². The van der Waals surface area contributed by atoms with Crippen LogP contribution in [0.4, 0.5) is 18.9 Å². The van der Waals surface area contributed by atoms with E-state index in [1.165, 1.54) is 32.4 Å². The van der Waals surface area contributed by atoms with Gasteiger partial charge in [0.15, 0.2) is 11.5 Å². The lowest BCUT2D eigenvalue weighted by atomic mass is 10.2. The number of amides is 1. The third-order valence-electron chi connectivity index (χ3n) is 3.64. The molecule has 1 amide bonds. The van der Waals surface area contributed by atoms with Crippen LogP contribution in [0.1, 0.15) is 5.56 Å². The number of ether oxygens (including phenoxy) is 2. The van der Waals surface area contributed by atoms with Gasteiger partial charge in [0, 0.05) is 11.8 Å². The van der Waals surface area contributed by atoms with Gasteiger partial charge < -0.3 is 14.8 Å². The van der Waals surface area contributed by atoms with Crippen LogP contribution in [0.3, 0.4) is 0 Å². The molecule has 7 nitrogen and oxygen atoms in total. The Labute approximate surface area is 169 Å². The van der Waals surface area contributed by atoms with E-state index in [9.17, 15) is 26.4 Å². The molecule has 0 heterocycles. The molecule has 0 saturated heterocycles. The van der Waals surface area contributed by atoms with E-state index in [2.05, 4.69) is 10.0 Å². The minimum atomic E-state index is -4.70. The van der Waals surface area contributed by atoms with Crippen LogP contribution in [0.2, 0.25) is 5.02 Å². The molecule has 2 aromatic rings. The lowest BCUT2D eigenvalue weighted by molar-refractivity contribution is -0.137. The van der Waals surface area contributed by atoms with E-state index in [1.54, 1.807) is 0 Å². The average molecular weight is 453 g/mol. The molecule has 0 spiro atoms. The summed E-state index contributed by atoms with van der Waals surface area (Å²) in [6.07, 6.45) is -4.70. The van der Waals surface area contributed by atoms with Gasteiger partial charge in [-0.3, -0.25) is 4.79 Å². The quantitative estimate of drug-likeness (QED) is 0.672. The maximum Gasteiger partial charge on any atom is 0.417 e. The van der Waals surface area contributed by atoms with E-state index in [-0.39, 0.29) is 16.3 Å². The molecule has 2 N–H and O–H groups in total. The van der Waals surface area contributed by atoms with Gasteiger partial charge >= 0.3 is 6.18 Å². The van der Waals surface area contributed by atoms with Crippen LogP contribution < -0.4 is 19.5 Å². The number of sulfonamides is 1. The molecule has 0 aromatic heterocycles. The van der Waals surface area contributed by atoms with Crippen molar-refractivity contribution in [3.63, 3.8) is 0 Å². The van der Waals surface area contributed by atoms with Crippen molar-refractivity contribution in [1.82, 2.24) is 4.72 Å². The Morgan fingerprint density at radius 2 is 1.72 bits per heavy atom. The molecule has 0 bridgehead atoms. The number of nitrogens with one attached hydrogen (secondary N) is 2. The molecule has 0 radical (unpaired) electrons. The number of carbonyl (C=O) groups excluding carboxylic acids is 1. The average Bonchev–Trinajstić information content (AvgIpc) is 2.66. The molecule has 158 valence electrons. The van der Waals surface area contributed by atoms with E-state index in [0.717, 1.165) is 12.1 Å². The number of hydrogen-bond acceptors (Lipinski definition) is 5. The first-order chi connectivity index (χ1) is 13.5. The third kappa shape index (κ3) is 5.75. The largest absolute Gasteiger partial charge is 0.493 e. The number of anilines is 1. The second-order valence-corrected chi connectivity index (χ2v) is 7.76. The Morgan fingerprint density at radius 1 is 1.07 bits per heavy atom. The SMILES string of the molecule is COc1ccc(S(=O)(=O)NCC(=O)Nc2ccc(Cl)c(C(F)(F)F)c2)cc1OC. The molecule has 29 heavy (non-hydrogen) atoms. The molecule has 0 saturated carbocycles. The minimum absolute atomic E-state index is 0.167. The number of carbonyl (C=O) groups is 1. The topological polar surface area (TPSA) is 93.7 Å². The molecule has 2 aromatic carbocycles. The summed E-state index contributed by atoms with van der Waals surface area (Å²) in [5, 5.41) is 1.65. The first kappa shape index (κ1) is 22.8. The fraction of sp³-hybridized carbons (Fsp3) is 0.235. The summed E-state index contributed by atoms with van der Waals surface area (Å²) in [6, 6.07) is 6.62. The molecule has 0 unspecified atom stereocenters. The maximum absolute atomic E-state index is 12.9. The van der Waals surface area contributed by atoms with E-state index < -0.39 is 39.2 Å². The summed E-state index contributed by atoms with van der Waals surface area (Å²) >= 11 is 5.51. The van der Waals surface area contributed by atoms with Crippen molar-refractivity contribution >= 4 is 33.2 Å². The minimum Gasteiger partial charge on any atom is -0.493 e. The summed E-state index contributed by atoms with van der Waals surface area (Å²) in [6.45, 7) is -0.708. The second kappa shape index (κ2) is 8.89. The van der Waals surface area contributed by atoms with Crippen LogP contribution in [0.25, 0.3) is 0 Å². The van der Waals surface area contributed by atoms with Crippen LogP contribution >= 0.6 is 11.6 Å². The number of hydrogen-bond donors (Lipinski definition) is 2. The third-order valence-corrected chi connectivity index (χ3v) is 5.37. The van der Waals surface area contributed by atoms with Gasteiger partial charge in [0.05, 0.1) is 36.2 Å². The summed E-state index contributed by atoms with van der Waals surface area (Å²) in [7, 11) is -1.38. The van der Waals surface area contributed by atoms with Gasteiger partial charge in [-0.2, -0.15) is 13.2 Å². The van der Waals surface area contributed by atoms with E-state index in [0.29, 0.717) is 11.8 Å². The summed E-state index contributed by atoms with van der Waals surface area (Å²) < 4.78 is 75.4. The van der Waals surface area contributed by atoms with Crippen LogP contribution in [-0.4, -0.2) is 35.1 Å². The van der Waals surface area contributed by atoms with Crippen molar-refractivity contribution < 1.29 is 35.9 Å². The molecule has 0 aliphatic heterocycles. The van der Waals surface area contributed by atoms with Crippen molar-refractivity contribution in [3.8, 4) is 11.5 Å². The summed E-state index contributed by atoms with van der Waals surface area (Å²) in [5.41, 5.74) is -1.31. The van der Waals surface area contributed by atoms with Crippen LogP contribution in [0.15, 0.2) is 41.3 Å². The van der Waals surface area contributed by atoms with Gasteiger partial charge in [0.1, 0.15) is 0 Å². The zero-order valence-corrected chi connectivity index (χ0v) is 16.7. The van der Waals surface area contributed by atoms with Crippen molar-refractivity contribution in [3.05, 3.63) is 47.0 Å². The van der Waals surface area contributed by atoms with Crippen LogP contribution in [0, 0.1) is 0 Å². The highest BCUT2D eigenvalue weighted by molar-refractivity contribution is 7.89. The smallest absolute Gasteiger partial charge is 0.417 e. The summed E-state index contributed by atoms with van der Waals surface area (Å²) in [4.78, 5) is 11.8. The van der Waals surface area contributed by atoms with Gasteiger partial charge in [0.2, 0.25) is 15.9 Å². The molecule has 12 heteroatoms. The second-order valence-electron chi connectivity index (χ2n) is 5.58.